The van der Waals surface area contributed by atoms with Crippen molar-refractivity contribution in [1.82, 2.24) is 0 Å². The van der Waals surface area contributed by atoms with E-state index in [0.29, 0.717) is 11.8 Å². The fraction of sp³-hybridized carbons (Fsp3) is 0.650. The fourth-order valence-electron chi connectivity index (χ4n) is 2.05. The average Bonchev–Trinajstić information content (AvgIpc) is 3.14. The molecule has 0 heterocycles. The maximum atomic E-state index is 10.6. The molecule has 0 radical (unpaired) electrons. The van der Waals surface area contributed by atoms with Gasteiger partial charge in [0.2, 0.25) is 0 Å². The van der Waals surface area contributed by atoms with Gasteiger partial charge in [-0.05, 0) is 69.9 Å². The number of rotatable bonds is 5. The van der Waals surface area contributed by atoms with Crippen molar-refractivity contribution >= 4 is 20.7 Å². The lowest BCUT2D eigenvalue weighted by atomic mass is 10.1. The summed E-state index contributed by atoms with van der Waals surface area (Å²) in [7, 11) is -7.00. The smallest absolute Gasteiger partial charge is 0.261 e. The van der Waals surface area contributed by atoms with Gasteiger partial charge in [-0.15, -0.1) is 21.3 Å². The lowest BCUT2D eigenvalue weighted by Gasteiger charge is -2.16. The van der Waals surface area contributed by atoms with Gasteiger partial charge >= 0.3 is 0 Å². The van der Waals surface area contributed by atoms with Crippen LogP contribution in [0.25, 0.3) is 0 Å². The zero-order valence-electron chi connectivity index (χ0n) is 37.5. The van der Waals surface area contributed by atoms with Crippen molar-refractivity contribution in [1.29, 1.82) is 0 Å². The number of benzene rings is 2. The zero-order chi connectivity index (χ0) is 43.7. The molecule has 308 valence electrons. The second-order valence-electron chi connectivity index (χ2n) is 8.45. The minimum Gasteiger partial charge on any atom is -0.286 e. The summed E-state index contributed by atoms with van der Waals surface area (Å²) in [6.45, 7) is 47.7. The zero-order valence-corrected chi connectivity index (χ0v) is 39.1. The first-order valence-electron chi connectivity index (χ1n) is 18.5. The van der Waals surface area contributed by atoms with Crippen LogP contribution >= 0.6 is 10.6 Å². The highest BCUT2D eigenvalue weighted by Gasteiger charge is 2.33. The second kappa shape index (κ2) is 62.4. The van der Waals surface area contributed by atoms with Crippen LogP contribution in [0.15, 0.2) is 67.7 Å². The minimum atomic E-state index is -3.67. The van der Waals surface area contributed by atoms with E-state index < -0.39 is 20.7 Å². The predicted octanol–water partition coefficient (Wildman–Crippen LogP) is 16.2. The predicted molar refractivity (Wildman–Crippen MR) is 238 cm³/mol. The summed E-state index contributed by atoms with van der Waals surface area (Å²) in [5.41, 5.74) is 5.52. The molecule has 9 nitrogen and oxygen atoms in total. The molecule has 0 amide bonds. The maximum Gasteiger partial charge on any atom is 0.261 e. The van der Waals surface area contributed by atoms with Crippen LogP contribution in [0.2, 0.25) is 0 Å². The van der Waals surface area contributed by atoms with Crippen molar-refractivity contribution in [3.63, 3.8) is 0 Å². The number of unbranched alkanes of at least 4 members (excludes halogenated alkanes) is 1. The SMILES string of the molecule is C=CC.CC.CC.CC.CC.CC.CC.CCC.CCCC.CS(=O)(=O)O.Cc1ccc(C)c(C)c1.Cc1ccc(C)c(S(N=O)(N=O)N=O)c1. The van der Waals surface area contributed by atoms with Crippen LogP contribution in [0.1, 0.15) is 165 Å². The van der Waals surface area contributed by atoms with Crippen LogP contribution in [0, 0.1) is 49.3 Å². The molecular formula is C40H85N3O6S2. The molecule has 11 heteroatoms. The number of hydrogen-bond acceptors (Lipinski definition) is 8. The highest BCUT2D eigenvalue weighted by molar-refractivity contribution is 8.30. The number of hydrogen-bond donors (Lipinski definition) is 1. The largest absolute Gasteiger partial charge is 0.286 e. The number of nitrogens with zero attached hydrogens (tertiary/aromatic N) is 3. The van der Waals surface area contributed by atoms with Gasteiger partial charge < -0.3 is 0 Å². The minimum absolute atomic E-state index is 0.211. The first-order chi connectivity index (χ1) is 24.0. The van der Waals surface area contributed by atoms with E-state index in [1.54, 1.807) is 32.1 Å². The summed E-state index contributed by atoms with van der Waals surface area (Å²) in [5.74, 6) is 0. The van der Waals surface area contributed by atoms with Gasteiger partial charge in [0.15, 0.2) is 10.6 Å². The average molecular weight is 768 g/mol. The summed E-state index contributed by atoms with van der Waals surface area (Å²) < 4.78 is 33.4. The molecule has 0 unspecified atom stereocenters. The Morgan fingerprint density at radius 1 is 0.588 bits per heavy atom. The third kappa shape index (κ3) is 62.8. The normalized spacial score (nSPS) is 8.24. The Balaban J connectivity index is -0.0000000506. The van der Waals surface area contributed by atoms with E-state index >= 15 is 0 Å². The molecule has 0 aliphatic carbocycles. The van der Waals surface area contributed by atoms with Crippen molar-refractivity contribution in [3.8, 4) is 0 Å². The van der Waals surface area contributed by atoms with Gasteiger partial charge in [0.25, 0.3) is 10.1 Å². The van der Waals surface area contributed by atoms with Gasteiger partial charge in [0.05, 0.1) is 11.2 Å². The van der Waals surface area contributed by atoms with E-state index in [-0.39, 0.29) is 4.90 Å². The van der Waals surface area contributed by atoms with E-state index in [1.807, 2.05) is 90.0 Å². The molecule has 2 aromatic rings. The highest BCUT2D eigenvalue weighted by Crippen LogP contribution is 2.60. The summed E-state index contributed by atoms with van der Waals surface area (Å²) >= 11 is 0. The van der Waals surface area contributed by atoms with Crippen LogP contribution < -0.4 is 0 Å². The first-order valence-corrected chi connectivity index (χ1v) is 21.9. The fourth-order valence-corrected chi connectivity index (χ4v) is 3.22. The monoisotopic (exact) mass is 768 g/mol. The molecular weight excluding hydrogens is 683 g/mol. The maximum absolute atomic E-state index is 10.6. The standard InChI is InChI=1S/C9H12.C8H9N3O3S.C4H10.C3H8.C3H6.6C2H6.CH4O3S/c1-7-4-5-8(2)9(3)6-7;1-6-3-4-7(2)8(5-6)15(9-12,10-13)11-14;1-3-4-2;2*1-3-2;6*1-2;1-5(2,3)4/h4-6H,1-3H3;3-5H,1-2H3;3-4H2,1-2H3;3H2,1-2H3;3H,1H2,2H3;6*1-2H3;1H3,(H,2,3,4). The molecule has 0 spiro atoms. The molecule has 0 saturated heterocycles. The lowest BCUT2D eigenvalue weighted by Crippen LogP contribution is -1.93. The Morgan fingerprint density at radius 2 is 0.824 bits per heavy atom. The number of allylic oxidation sites excluding steroid dienone is 1. The summed E-state index contributed by atoms with van der Waals surface area (Å²) in [4.78, 5) is 31.9. The highest BCUT2D eigenvalue weighted by atomic mass is 32.3. The number of nitroso groups, excluding NO2 is 3. The Kier molecular flexibility index (Phi) is 90.0. The van der Waals surface area contributed by atoms with Crippen LogP contribution in [0.4, 0.5) is 0 Å². The quantitative estimate of drug-likeness (QED) is 0.182. The Hall–Kier alpha value is -2.76. The van der Waals surface area contributed by atoms with Crippen molar-refractivity contribution in [2.24, 2.45) is 13.7 Å². The molecule has 0 saturated carbocycles. The van der Waals surface area contributed by atoms with Gasteiger partial charge in [-0.1, -0.05) is 172 Å². The molecule has 0 aliphatic heterocycles. The topological polar surface area (TPSA) is 143 Å². The van der Waals surface area contributed by atoms with Crippen molar-refractivity contribution in [3.05, 3.63) is 91.6 Å². The Bertz CT molecular complexity index is 1050. The summed E-state index contributed by atoms with van der Waals surface area (Å²) in [5, 5.41) is 0. The molecule has 0 fully saturated rings. The Labute approximate surface area is 320 Å². The molecule has 0 aliphatic rings. The van der Waals surface area contributed by atoms with E-state index in [1.165, 1.54) is 42.0 Å². The van der Waals surface area contributed by atoms with E-state index in [2.05, 4.69) is 87.0 Å². The first kappa shape index (κ1) is 73.6. The Morgan fingerprint density at radius 3 is 1.02 bits per heavy atom. The van der Waals surface area contributed by atoms with E-state index in [9.17, 15) is 23.1 Å². The summed E-state index contributed by atoms with van der Waals surface area (Å²) in [6.07, 6.45) is 6.35. The third-order valence-corrected chi connectivity index (χ3v) is 5.77. The van der Waals surface area contributed by atoms with Crippen molar-refractivity contribution in [2.45, 2.75) is 176 Å². The molecule has 0 bridgehead atoms. The molecule has 0 aromatic heterocycles. The van der Waals surface area contributed by atoms with Crippen LogP contribution in [0.5, 0.6) is 0 Å². The van der Waals surface area contributed by atoms with Gasteiger partial charge in [-0.2, -0.15) is 8.42 Å². The van der Waals surface area contributed by atoms with E-state index in [4.69, 9.17) is 4.55 Å². The van der Waals surface area contributed by atoms with E-state index in [0.717, 1.165) is 5.56 Å². The van der Waals surface area contributed by atoms with Gasteiger partial charge in [0, 0.05) is 13.7 Å². The molecule has 0 atom stereocenters. The number of aryl methyl sites for hydroxylation is 5. The molecule has 2 rings (SSSR count). The molecule has 51 heavy (non-hydrogen) atoms. The van der Waals surface area contributed by atoms with Gasteiger partial charge in [-0.25, -0.2) is 0 Å². The molecule has 2 aromatic carbocycles. The van der Waals surface area contributed by atoms with Gasteiger partial charge in [0.1, 0.15) is 0 Å². The van der Waals surface area contributed by atoms with Crippen LogP contribution in [0.3, 0.4) is 0 Å². The second-order valence-corrected chi connectivity index (χ2v) is 11.8. The lowest BCUT2D eigenvalue weighted by molar-refractivity contribution is 0.490. The van der Waals surface area contributed by atoms with Gasteiger partial charge in [-0.3, -0.25) is 4.55 Å². The van der Waals surface area contributed by atoms with Crippen LogP contribution in [-0.2, 0) is 10.1 Å². The summed E-state index contributed by atoms with van der Waals surface area (Å²) in [6, 6.07) is 11.5. The van der Waals surface area contributed by atoms with Crippen molar-refractivity contribution in [2.75, 3.05) is 6.26 Å². The molecule has 1 N–H and O–H groups in total. The van der Waals surface area contributed by atoms with Crippen LogP contribution in [-0.4, -0.2) is 19.2 Å². The van der Waals surface area contributed by atoms with Crippen molar-refractivity contribution < 1.29 is 13.0 Å². The third-order valence-electron chi connectivity index (χ3n) is 4.11.